The fourth-order valence-electron chi connectivity index (χ4n) is 1.48. The molecule has 1 aliphatic rings. The predicted octanol–water partition coefficient (Wildman–Crippen LogP) is 2.01. The van der Waals surface area contributed by atoms with Gasteiger partial charge in [0.05, 0.1) is 25.0 Å². The van der Waals surface area contributed by atoms with Crippen LogP contribution in [0.1, 0.15) is 25.2 Å². The van der Waals surface area contributed by atoms with Gasteiger partial charge in [0.25, 0.3) is 0 Å². The lowest BCUT2D eigenvalue weighted by molar-refractivity contribution is -0.0749. The van der Waals surface area contributed by atoms with Crippen LogP contribution in [-0.2, 0) is 17.7 Å². The summed E-state index contributed by atoms with van der Waals surface area (Å²) in [5.74, 6) is 0. The minimum Gasteiger partial charge on any atom is -0.277 e. The number of rotatable bonds is 3. The molecule has 5 heteroatoms. The van der Waals surface area contributed by atoms with Crippen LogP contribution < -0.4 is 0 Å². The third-order valence-corrected chi connectivity index (χ3v) is 2.45. The maximum Gasteiger partial charge on any atom is 0.0802 e. The summed E-state index contributed by atoms with van der Waals surface area (Å²) < 4.78 is 0. The van der Waals surface area contributed by atoms with E-state index in [1.165, 1.54) is 0 Å². The smallest absolute Gasteiger partial charge is 0.0802 e. The van der Waals surface area contributed by atoms with Crippen molar-refractivity contribution in [2.24, 2.45) is 4.99 Å². The average molecular weight is 248 g/mol. The van der Waals surface area contributed by atoms with Crippen LogP contribution in [-0.4, -0.2) is 34.9 Å². The number of aliphatic imine (C=N–C) groups is 1. The molecule has 1 aromatic heterocycles. The third kappa shape index (κ3) is 4.63. The van der Waals surface area contributed by atoms with Crippen LogP contribution in [0.15, 0.2) is 29.8 Å². The SMILES string of the molecule is CCc1nccnc1CC.CON1C=CN=CC1. The van der Waals surface area contributed by atoms with Gasteiger partial charge in [0.15, 0.2) is 0 Å². The summed E-state index contributed by atoms with van der Waals surface area (Å²) in [6.07, 6.45) is 10.7. The topological polar surface area (TPSA) is 50.6 Å². The summed E-state index contributed by atoms with van der Waals surface area (Å²) in [5, 5.41) is 1.69. The number of nitrogens with zero attached hydrogens (tertiary/aromatic N) is 4. The number of aromatic nitrogens is 2. The Morgan fingerprint density at radius 3 is 2.11 bits per heavy atom. The van der Waals surface area contributed by atoms with Crippen molar-refractivity contribution in [2.45, 2.75) is 26.7 Å². The molecule has 0 spiro atoms. The van der Waals surface area contributed by atoms with Crippen LogP contribution in [0.2, 0.25) is 0 Å². The fraction of sp³-hybridized carbons (Fsp3) is 0.462. The molecule has 2 rings (SSSR count). The first kappa shape index (κ1) is 14.3. The highest BCUT2D eigenvalue weighted by molar-refractivity contribution is 5.61. The minimum absolute atomic E-state index is 0.743. The van der Waals surface area contributed by atoms with E-state index in [9.17, 15) is 0 Å². The lowest BCUT2D eigenvalue weighted by atomic mass is 10.2. The molecule has 18 heavy (non-hydrogen) atoms. The molecule has 0 amide bonds. The Hall–Kier alpha value is -1.75. The zero-order valence-corrected chi connectivity index (χ0v) is 11.2. The summed E-state index contributed by atoms with van der Waals surface area (Å²) in [7, 11) is 1.63. The molecule has 0 saturated heterocycles. The first-order chi connectivity index (χ1) is 8.81. The molecule has 0 saturated carbocycles. The molecule has 0 bridgehead atoms. The van der Waals surface area contributed by atoms with Crippen molar-refractivity contribution in [1.29, 1.82) is 0 Å². The molecule has 1 aliphatic heterocycles. The summed E-state index contributed by atoms with van der Waals surface area (Å²) in [6, 6.07) is 0. The van der Waals surface area contributed by atoms with E-state index >= 15 is 0 Å². The second-order valence-electron chi connectivity index (χ2n) is 3.57. The Kier molecular flexibility index (Phi) is 6.64. The zero-order valence-electron chi connectivity index (χ0n) is 11.2. The zero-order chi connectivity index (χ0) is 13.2. The van der Waals surface area contributed by atoms with Gasteiger partial charge in [-0.05, 0) is 12.8 Å². The highest BCUT2D eigenvalue weighted by Gasteiger charge is 1.97. The van der Waals surface area contributed by atoms with Crippen molar-refractivity contribution < 1.29 is 4.84 Å². The van der Waals surface area contributed by atoms with E-state index in [0.29, 0.717) is 0 Å². The largest absolute Gasteiger partial charge is 0.277 e. The molecule has 0 fully saturated rings. The number of hydroxylamine groups is 2. The fourth-order valence-corrected chi connectivity index (χ4v) is 1.48. The van der Waals surface area contributed by atoms with Gasteiger partial charge >= 0.3 is 0 Å². The van der Waals surface area contributed by atoms with Gasteiger partial charge in [0.1, 0.15) is 0 Å². The Bertz CT molecular complexity index is 381. The Labute approximate surface area is 108 Å². The van der Waals surface area contributed by atoms with Gasteiger partial charge in [0, 0.05) is 31.0 Å². The Morgan fingerprint density at radius 1 is 1.17 bits per heavy atom. The van der Waals surface area contributed by atoms with Crippen LogP contribution in [0.25, 0.3) is 0 Å². The van der Waals surface area contributed by atoms with Gasteiger partial charge in [-0.3, -0.25) is 24.9 Å². The second kappa shape index (κ2) is 8.36. The first-order valence-electron chi connectivity index (χ1n) is 6.09. The van der Waals surface area contributed by atoms with Gasteiger partial charge < -0.3 is 0 Å². The molecule has 98 valence electrons. The van der Waals surface area contributed by atoms with Crippen LogP contribution in [0.5, 0.6) is 0 Å². The van der Waals surface area contributed by atoms with E-state index in [-0.39, 0.29) is 0 Å². The molecule has 5 nitrogen and oxygen atoms in total. The summed E-state index contributed by atoms with van der Waals surface area (Å²) in [6.45, 7) is 4.94. The van der Waals surface area contributed by atoms with Gasteiger partial charge in [-0.1, -0.05) is 13.8 Å². The lowest BCUT2D eigenvalue weighted by Gasteiger charge is -2.15. The molecule has 0 aromatic carbocycles. The molecule has 0 atom stereocenters. The summed E-state index contributed by atoms with van der Waals surface area (Å²) >= 11 is 0. The third-order valence-electron chi connectivity index (χ3n) is 2.45. The molecular weight excluding hydrogens is 228 g/mol. The molecule has 0 radical (unpaired) electrons. The maximum atomic E-state index is 4.85. The van der Waals surface area contributed by atoms with Crippen LogP contribution in [0, 0.1) is 0 Å². The molecule has 2 heterocycles. The summed E-state index contributed by atoms with van der Waals surface area (Å²) in [5.41, 5.74) is 2.26. The number of hydrogen-bond acceptors (Lipinski definition) is 5. The second-order valence-corrected chi connectivity index (χ2v) is 3.57. The van der Waals surface area contributed by atoms with Crippen LogP contribution in [0.4, 0.5) is 0 Å². The van der Waals surface area contributed by atoms with Gasteiger partial charge in [-0.2, -0.15) is 0 Å². The van der Waals surface area contributed by atoms with Crippen molar-refractivity contribution in [3.63, 3.8) is 0 Å². The van der Waals surface area contributed by atoms with Crippen molar-refractivity contribution in [3.05, 3.63) is 36.2 Å². The Morgan fingerprint density at radius 2 is 1.78 bits per heavy atom. The molecule has 0 unspecified atom stereocenters. The van der Waals surface area contributed by atoms with E-state index in [1.807, 2.05) is 0 Å². The van der Waals surface area contributed by atoms with Crippen LogP contribution in [0.3, 0.4) is 0 Å². The molecule has 0 aliphatic carbocycles. The first-order valence-corrected chi connectivity index (χ1v) is 6.09. The predicted molar refractivity (Wildman–Crippen MR) is 72.1 cm³/mol. The van der Waals surface area contributed by atoms with E-state index in [2.05, 4.69) is 28.8 Å². The lowest BCUT2D eigenvalue weighted by Crippen LogP contribution is -2.19. The van der Waals surface area contributed by atoms with E-state index in [0.717, 1.165) is 30.8 Å². The van der Waals surface area contributed by atoms with E-state index < -0.39 is 0 Å². The normalized spacial score (nSPS) is 13.2. The highest BCUT2D eigenvalue weighted by Crippen LogP contribution is 2.01. The molecule has 1 aromatic rings. The number of aryl methyl sites for hydroxylation is 2. The van der Waals surface area contributed by atoms with E-state index in [1.54, 1.807) is 43.2 Å². The molecular formula is C13H20N4O. The molecule has 0 N–H and O–H groups in total. The monoisotopic (exact) mass is 248 g/mol. The number of hydrogen-bond donors (Lipinski definition) is 0. The Balaban J connectivity index is 0.000000184. The van der Waals surface area contributed by atoms with Crippen LogP contribution >= 0.6 is 0 Å². The maximum absolute atomic E-state index is 4.85. The standard InChI is InChI=1S/C8H12N2.C5H8N2O/c1-3-7-8(4-2)10-6-5-9-7;1-8-7-4-2-6-3-5-7/h5-6H,3-4H2,1-2H3;2-4H,5H2,1H3. The van der Waals surface area contributed by atoms with E-state index in [4.69, 9.17) is 4.84 Å². The summed E-state index contributed by atoms with van der Waals surface area (Å²) in [4.78, 5) is 17.1. The van der Waals surface area contributed by atoms with Crippen molar-refractivity contribution in [2.75, 3.05) is 13.7 Å². The minimum atomic E-state index is 0.743. The van der Waals surface area contributed by atoms with Gasteiger partial charge in [0.2, 0.25) is 0 Å². The van der Waals surface area contributed by atoms with Crippen molar-refractivity contribution >= 4 is 6.21 Å². The van der Waals surface area contributed by atoms with Crippen molar-refractivity contribution in [3.8, 4) is 0 Å². The van der Waals surface area contributed by atoms with Gasteiger partial charge in [-0.15, -0.1) is 0 Å². The quantitative estimate of drug-likeness (QED) is 0.821. The highest BCUT2D eigenvalue weighted by atomic mass is 16.7. The van der Waals surface area contributed by atoms with Gasteiger partial charge in [-0.25, -0.2) is 0 Å². The van der Waals surface area contributed by atoms with Crippen molar-refractivity contribution in [1.82, 2.24) is 15.0 Å². The average Bonchev–Trinajstić information content (AvgIpc) is 2.48.